The lowest BCUT2D eigenvalue weighted by Crippen LogP contribution is -2.27. The summed E-state index contributed by atoms with van der Waals surface area (Å²) >= 11 is 1.31. The molecule has 0 fully saturated rings. The first-order valence-corrected chi connectivity index (χ1v) is 10.7. The van der Waals surface area contributed by atoms with E-state index in [1.165, 1.54) is 38.2 Å². The second-order valence-electron chi connectivity index (χ2n) is 7.25. The van der Waals surface area contributed by atoms with Crippen LogP contribution in [0.25, 0.3) is 10.6 Å². The number of hydrogen-bond acceptors (Lipinski definition) is 7. The molecule has 1 aromatic heterocycles. The minimum absolute atomic E-state index is 0.365. The number of aryl methyl sites for hydroxylation is 3. The molecule has 7 nitrogen and oxygen atoms in total. The molecule has 0 aliphatic rings. The maximum absolute atomic E-state index is 13.0. The largest absolute Gasteiger partial charge is 0.493 e. The van der Waals surface area contributed by atoms with Crippen molar-refractivity contribution in [3.8, 4) is 33.9 Å². The molecule has 0 saturated heterocycles. The van der Waals surface area contributed by atoms with Crippen molar-refractivity contribution in [3.63, 3.8) is 0 Å². The standard InChI is InChI=1S/C24H25N3O4S/c1-13-7-8-17(14(2)9-13)24-26-15(3)22(32-24)23(28)27-18(12-25)16-10-19(29-4)21(31-6)20(11-16)30-5/h7-11,18H,1-6H3,(H,27,28). The molecule has 0 bridgehead atoms. The van der Waals surface area contributed by atoms with Gasteiger partial charge in [-0.05, 0) is 44.0 Å². The van der Waals surface area contributed by atoms with E-state index in [-0.39, 0.29) is 5.91 Å². The zero-order valence-corrected chi connectivity index (χ0v) is 19.7. The normalized spacial score (nSPS) is 11.4. The Bertz CT molecular complexity index is 1170. The number of hydrogen-bond donors (Lipinski definition) is 1. The van der Waals surface area contributed by atoms with Gasteiger partial charge in [-0.2, -0.15) is 5.26 Å². The lowest BCUT2D eigenvalue weighted by atomic mass is 10.1. The number of nitriles is 1. The fraction of sp³-hybridized carbons (Fsp3) is 0.292. The van der Waals surface area contributed by atoms with Crippen LogP contribution in [0, 0.1) is 32.1 Å². The average Bonchev–Trinajstić information content (AvgIpc) is 3.17. The Hall–Kier alpha value is -3.57. The van der Waals surface area contributed by atoms with Crippen LogP contribution in [0.4, 0.5) is 0 Å². The summed E-state index contributed by atoms with van der Waals surface area (Å²) < 4.78 is 16.0. The summed E-state index contributed by atoms with van der Waals surface area (Å²) in [4.78, 5) is 18.1. The van der Waals surface area contributed by atoms with Crippen LogP contribution in [0.5, 0.6) is 17.2 Å². The van der Waals surface area contributed by atoms with Crippen LogP contribution < -0.4 is 19.5 Å². The average molecular weight is 452 g/mol. The van der Waals surface area contributed by atoms with E-state index in [0.29, 0.717) is 33.4 Å². The van der Waals surface area contributed by atoms with E-state index in [4.69, 9.17) is 14.2 Å². The highest BCUT2D eigenvalue weighted by molar-refractivity contribution is 7.17. The van der Waals surface area contributed by atoms with Crippen molar-refractivity contribution in [2.75, 3.05) is 21.3 Å². The van der Waals surface area contributed by atoms with Crippen molar-refractivity contribution in [1.82, 2.24) is 10.3 Å². The molecule has 32 heavy (non-hydrogen) atoms. The molecule has 1 N–H and O–H groups in total. The second kappa shape index (κ2) is 9.71. The maximum atomic E-state index is 13.0. The zero-order valence-electron chi connectivity index (χ0n) is 18.9. The van der Waals surface area contributed by atoms with Gasteiger partial charge in [0.2, 0.25) is 5.75 Å². The lowest BCUT2D eigenvalue weighted by Gasteiger charge is -2.17. The third-order valence-electron chi connectivity index (χ3n) is 5.04. The Morgan fingerprint density at radius 3 is 2.25 bits per heavy atom. The summed E-state index contributed by atoms with van der Waals surface area (Å²) in [5.74, 6) is 0.861. The number of thiazole rings is 1. The quantitative estimate of drug-likeness (QED) is 0.557. The minimum atomic E-state index is -0.915. The van der Waals surface area contributed by atoms with Crippen LogP contribution >= 0.6 is 11.3 Å². The monoisotopic (exact) mass is 451 g/mol. The molecule has 166 valence electrons. The van der Waals surface area contributed by atoms with Gasteiger partial charge in [0, 0.05) is 5.56 Å². The first-order chi connectivity index (χ1) is 15.3. The molecule has 1 unspecified atom stereocenters. The number of aromatic nitrogens is 1. The minimum Gasteiger partial charge on any atom is -0.493 e. The van der Waals surface area contributed by atoms with Gasteiger partial charge in [0.25, 0.3) is 5.91 Å². The summed E-state index contributed by atoms with van der Waals surface area (Å²) in [5.41, 5.74) is 4.39. The van der Waals surface area contributed by atoms with Crippen LogP contribution in [0.3, 0.4) is 0 Å². The predicted molar refractivity (Wildman–Crippen MR) is 124 cm³/mol. The van der Waals surface area contributed by atoms with Crippen molar-refractivity contribution in [1.29, 1.82) is 5.26 Å². The molecule has 3 rings (SSSR count). The number of ether oxygens (including phenoxy) is 3. The third kappa shape index (κ3) is 4.53. The van der Waals surface area contributed by atoms with Crippen LogP contribution in [0.2, 0.25) is 0 Å². The van der Waals surface area contributed by atoms with E-state index in [1.807, 2.05) is 26.0 Å². The highest BCUT2D eigenvalue weighted by Gasteiger charge is 2.23. The number of nitrogens with one attached hydrogen (secondary N) is 1. The fourth-order valence-electron chi connectivity index (χ4n) is 3.43. The molecular formula is C24H25N3O4S. The molecule has 8 heteroatoms. The number of carbonyl (C=O) groups is 1. The Morgan fingerprint density at radius 1 is 1.06 bits per heavy atom. The first kappa shape index (κ1) is 23.1. The number of benzene rings is 2. The number of amides is 1. The van der Waals surface area contributed by atoms with Gasteiger partial charge < -0.3 is 19.5 Å². The number of nitrogens with zero attached hydrogens (tertiary/aromatic N) is 2. The summed E-state index contributed by atoms with van der Waals surface area (Å²) in [7, 11) is 4.50. The molecule has 1 amide bonds. The highest BCUT2D eigenvalue weighted by atomic mass is 32.1. The number of carbonyl (C=O) groups excluding carboxylic acids is 1. The molecule has 0 aliphatic heterocycles. The first-order valence-electron chi connectivity index (χ1n) is 9.88. The van der Waals surface area contributed by atoms with Crippen LogP contribution in [-0.4, -0.2) is 32.2 Å². The van der Waals surface area contributed by atoms with E-state index in [9.17, 15) is 10.1 Å². The fourth-order valence-corrected chi connectivity index (χ4v) is 4.49. The maximum Gasteiger partial charge on any atom is 0.264 e. The van der Waals surface area contributed by atoms with Crippen molar-refractivity contribution >= 4 is 17.2 Å². The van der Waals surface area contributed by atoms with Gasteiger partial charge >= 0.3 is 0 Å². The molecule has 2 aromatic carbocycles. The van der Waals surface area contributed by atoms with E-state index in [2.05, 4.69) is 22.4 Å². The Kier molecular flexibility index (Phi) is 7.01. The molecule has 0 spiro atoms. The van der Waals surface area contributed by atoms with Gasteiger partial charge in [-0.1, -0.05) is 23.8 Å². The molecule has 1 atom stereocenters. The number of methoxy groups -OCH3 is 3. The molecule has 0 aliphatic carbocycles. The molecule has 0 radical (unpaired) electrons. The predicted octanol–water partition coefficient (Wildman–Crippen LogP) is 4.76. The third-order valence-corrected chi connectivity index (χ3v) is 6.23. The summed E-state index contributed by atoms with van der Waals surface area (Å²) in [6, 6.07) is 10.6. The molecule has 1 heterocycles. The van der Waals surface area contributed by atoms with E-state index >= 15 is 0 Å². The topological polar surface area (TPSA) is 93.5 Å². The van der Waals surface area contributed by atoms with Crippen LogP contribution in [0.15, 0.2) is 30.3 Å². The molecule has 0 saturated carbocycles. The molecule has 3 aromatic rings. The highest BCUT2D eigenvalue weighted by Crippen LogP contribution is 2.40. The molecular weight excluding hydrogens is 426 g/mol. The number of rotatable bonds is 7. The summed E-state index contributed by atoms with van der Waals surface area (Å²) in [6.45, 7) is 5.85. The van der Waals surface area contributed by atoms with Crippen LogP contribution in [0.1, 0.15) is 38.1 Å². The van der Waals surface area contributed by atoms with E-state index < -0.39 is 6.04 Å². The summed E-state index contributed by atoms with van der Waals surface area (Å²) in [6.07, 6.45) is 0. The van der Waals surface area contributed by atoms with Gasteiger partial charge in [-0.3, -0.25) is 4.79 Å². The smallest absolute Gasteiger partial charge is 0.264 e. The van der Waals surface area contributed by atoms with Crippen molar-refractivity contribution < 1.29 is 19.0 Å². The van der Waals surface area contributed by atoms with Crippen molar-refractivity contribution in [2.24, 2.45) is 0 Å². The Balaban J connectivity index is 1.91. The van der Waals surface area contributed by atoms with Crippen molar-refractivity contribution in [3.05, 3.63) is 57.6 Å². The van der Waals surface area contributed by atoms with Gasteiger partial charge in [0.1, 0.15) is 15.9 Å². The second-order valence-corrected chi connectivity index (χ2v) is 8.25. The van der Waals surface area contributed by atoms with Gasteiger partial charge in [0.15, 0.2) is 11.5 Å². The van der Waals surface area contributed by atoms with Crippen molar-refractivity contribution in [2.45, 2.75) is 26.8 Å². The Morgan fingerprint density at radius 2 is 1.72 bits per heavy atom. The SMILES string of the molecule is COc1cc(C(C#N)NC(=O)c2sc(-c3ccc(C)cc3C)nc2C)cc(OC)c1OC. The van der Waals surface area contributed by atoms with E-state index in [0.717, 1.165) is 16.1 Å². The zero-order chi connectivity index (χ0) is 23.4. The van der Waals surface area contributed by atoms with Gasteiger partial charge in [0.05, 0.1) is 33.1 Å². The lowest BCUT2D eigenvalue weighted by molar-refractivity contribution is 0.0948. The van der Waals surface area contributed by atoms with Gasteiger partial charge in [-0.25, -0.2) is 4.98 Å². The summed E-state index contributed by atoms with van der Waals surface area (Å²) in [5, 5.41) is 13.3. The van der Waals surface area contributed by atoms with Crippen LogP contribution in [-0.2, 0) is 0 Å². The van der Waals surface area contributed by atoms with Gasteiger partial charge in [-0.15, -0.1) is 11.3 Å². The Labute approximate surface area is 191 Å². The van der Waals surface area contributed by atoms with E-state index in [1.54, 1.807) is 19.1 Å².